The Morgan fingerprint density at radius 3 is 2.72 bits per heavy atom. The summed E-state index contributed by atoms with van der Waals surface area (Å²) in [6, 6.07) is 11.3. The Morgan fingerprint density at radius 1 is 1.12 bits per heavy atom. The monoisotopic (exact) mass is 370 g/mol. The normalized spacial score (nSPS) is 11.6. The van der Waals surface area contributed by atoms with Gasteiger partial charge in [-0.25, -0.2) is 5.43 Å². The zero-order valence-electron chi connectivity index (χ0n) is 13.1. The van der Waals surface area contributed by atoms with Gasteiger partial charge in [0.2, 0.25) is 0 Å². The zero-order chi connectivity index (χ0) is 17.4. The molecule has 0 aliphatic rings. The molecule has 0 spiro atoms. The van der Waals surface area contributed by atoms with Crippen molar-refractivity contribution >= 4 is 57.4 Å². The summed E-state index contributed by atoms with van der Waals surface area (Å²) in [5.41, 5.74) is 6.84. The highest BCUT2D eigenvalue weighted by molar-refractivity contribution is 6.38. The van der Waals surface area contributed by atoms with Gasteiger partial charge in [-0.3, -0.25) is 0 Å². The van der Waals surface area contributed by atoms with E-state index in [0.29, 0.717) is 21.3 Å². The highest BCUT2D eigenvalue weighted by Gasteiger charge is 2.09. The molecule has 8 heteroatoms. The number of halogens is 2. The van der Waals surface area contributed by atoms with Gasteiger partial charge in [-0.2, -0.15) is 10.1 Å². The van der Waals surface area contributed by atoms with E-state index in [4.69, 9.17) is 23.2 Å². The molecule has 25 heavy (non-hydrogen) atoms. The Kier molecular flexibility index (Phi) is 3.99. The van der Waals surface area contributed by atoms with Crippen LogP contribution in [-0.4, -0.2) is 26.4 Å². The van der Waals surface area contributed by atoms with Crippen molar-refractivity contribution in [3.05, 3.63) is 57.6 Å². The van der Waals surface area contributed by atoms with Gasteiger partial charge in [0.1, 0.15) is 5.52 Å². The predicted octanol–water partition coefficient (Wildman–Crippen LogP) is 4.57. The van der Waals surface area contributed by atoms with E-state index in [1.165, 1.54) is 6.21 Å². The van der Waals surface area contributed by atoms with Crippen molar-refractivity contribution in [3.8, 4) is 0 Å². The SMILES string of the molecule is Cc1ccc2[nH]c3nc(N/N=C\c4c(Cl)cccc4Cl)nnc3c2c1. The van der Waals surface area contributed by atoms with Crippen molar-refractivity contribution in [2.75, 3.05) is 5.43 Å². The second-order valence-corrected chi connectivity index (χ2v) is 6.33. The molecule has 0 bridgehead atoms. The molecule has 0 saturated carbocycles. The van der Waals surface area contributed by atoms with Crippen LogP contribution in [0.25, 0.3) is 22.1 Å². The molecule has 4 aromatic rings. The number of aromatic nitrogens is 4. The first kappa shape index (κ1) is 15.8. The molecule has 124 valence electrons. The molecule has 0 aliphatic heterocycles. The molecule has 4 rings (SSSR count). The molecule has 0 radical (unpaired) electrons. The van der Waals surface area contributed by atoms with Crippen molar-refractivity contribution in [3.63, 3.8) is 0 Å². The number of hydrogen-bond donors (Lipinski definition) is 2. The lowest BCUT2D eigenvalue weighted by atomic mass is 10.2. The number of aromatic amines is 1. The second-order valence-electron chi connectivity index (χ2n) is 5.51. The summed E-state index contributed by atoms with van der Waals surface area (Å²) in [5, 5.41) is 14.4. The number of aryl methyl sites for hydroxylation is 1. The maximum absolute atomic E-state index is 6.10. The summed E-state index contributed by atoms with van der Waals surface area (Å²) in [5.74, 6) is 0.273. The summed E-state index contributed by atoms with van der Waals surface area (Å²) in [4.78, 5) is 7.62. The number of nitrogens with one attached hydrogen (secondary N) is 2. The van der Waals surface area contributed by atoms with E-state index in [2.05, 4.69) is 36.8 Å². The lowest BCUT2D eigenvalue weighted by molar-refractivity contribution is 1.01. The molecule has 2 aromatic heterocycles. The van der Waals surface area contributed by atoms with Crippen LogP contribution in [0.5, 0.6) is 0 Å². The molecule has 0 unspecified atom stereocenters. The number of benzene rings is 2. The Morgan fingerprint density at radius 2 is 1.92 bits per heavy atom. The van der Waals surface area contributed by atoms with Gasteiger partial charge >= 0.3 is 0 Å². The van der Waals surface area contributed by atoms with Crippen LogP contribution in [0.15, 0.2) is 41.5 Å². The van der Waals surface area contributed by atoms with Crippen molar-refractivity contribution < 1.29 is 0 Å². The third kappa shape index (κ3) is 3.01. The van der Waals surface area contributed by atoms with Crippen LogP contribution in [0.4, 0.5) is 5.95 Å². The summed E-state index contributed by atoms with van der Waals surface area (Å²) in [7, 11) is 0. The van der Waals surface area contributed by atoms with Crippen molar-refractivity contribution in [2.24, 2.45) is 5.10 Å². The molecule has 0 saturated heterocycles. The quantitative estimate of drug-likeness (QED) is 0.409. The Balaban J connectivity index is 1.64. The molecule has 0 atom stereocenters. The van der Waals surface area contributed by atoms with Gasteiger partial charge in [-0.1, -0.05) is 40.9 Å². The van der Waals surface area contributed by atoms with E-state index >= 15 is 0 Å². The maximum Gasteiger partial charge on any atom is 0.265 e. The fourth-order valence-electron chi connectivity index (χ4n) is 2.52. The fourth-order valence-corrected chi connectivity index (χ4v) is 3.02. The van der Waals surface area contributed by atoms with E-state index < -0.39 is 0 Å². The number of fused-ring (bicyclic) bond motifs is 3. The van der Waals surface area contributed by atoms with Gasteiger partial charge in [-0.05, 0) is 31.2 Å². The van der Waals surface area contributed by atoms with E-state index in [1.807, 2.05) is 19.1 Å². The topological polar surface area (TPSA) is 78.9 Å². The van der Waals surface area contributed by atoms with Crippen molar-refractivity contribution in [1.29, 1.82) is 0 Å². The van der Waals surface area contributed by atoms with Crippen LogP contribution in [0.3, 0.4) is 0 Å². The van der Waals surface area contributed by atoms with Gasteiger partial charge in [-0.15, -0.1) is 10.2 Å². The van der Waals surface area contributed by atoms with Crippen molar-refractivity contribution in [1.82, 2.24) is 20.2 Å². The molecule has 0 amide bonds. The average Bonchev–Trinajstić information content (AvgIpc) is 2.94. The molecule has 2 aromatic carbocycles. The maximum atomic E-state index is 6.10. The van der Waals surface area contributed by atoms with E-state index in [9.17, 15) is 0 Å². The molecule has 0 fully saturated rings. The number of anilines is 1. The molecule has 2 N–H and O–H groups in total. The van der Waals surface area contributed by atoms with Crippen LogP contribution in [0, 0.1) is 6.92 Å². The number of nitrogens with zero attached hydrogens (tertiary/aromatic N) is 4. The lowest BCUT2D eigenvalue weighted by Gasteiger charge is -2.01. The largest absolute Gasteiger partial charge is 0.338 e. The van der Waals surface area contributed by atoms with Gasteiger partial charge in [0.25, 0.3) is 5.95 Å². The predicted molar refractivity (Wildman–Crippen MR) is 102 cm³/mol. The first-order valence-electron chi connectivity index (χ1n) is 7.47. The number of rotatable bonds is 3. The van der Waals surface area contributed by atoms with Crippen LogP contribution in [0.2, 0.25) is 10.0 Å². The third-order valence-electron chi connectivity index (χ3n) is 3.73. The highest BCUT2D eigenvalue weighted by atomic mass is 35.5. The van der Waals surface area contributed by atoms with Crippen molar-refractivity contribution in [2.45, 2.75) is 6.92 Å². The molecule has 2 heterocycles. The second kappa shape index (κ2) is 6.31. The van der Waals surface area contributed by atoms with Gasteiger partial charge in [0, 0.05) is 16.5 Å². The number of hydrazone groups is 1. The summed E-state index contributed by atoms with van der Waals surface area (Å²) >= 11 is 12.2. The number of hydrogen-bond acceptors (Lipinski definition) is 5. The number of H-pyrrole nitrogens is 1. The Bertz CT molecular complexity index is 1100. The first-order valence-corrected chi connectivity index (χ1v) is 8.23. The van der Waals surface area contributed by atoms with Crippen LogP contribution < -0.4 is 5.43 Å². The summed E-state index contributed by atoms with van der Waals surface area (Å²) < 4.78 is 0. The molecule has 0 aliphatic carbocycles. The van der Waals surface area contributed by atoms with E-state index in [-0.39, 0.29) is 5.95 Å². The van der Waals surface area contributed by atoms with Gasteiger partial charge in [0.15, 0.2) is 5.65 Å². The Labute approximate surface area is 152 Å². The highest BCUT2D eigenvalue weighted by Crippen LogP contribution is 2.24. The first-order chi connectivity index (χ1) is 12.1. The third-order valence-corrected chi connectivity index (χ3v) is 4.39. The Hall–Kier alpha value is -2.70. The smallest absolute Gasteiger partial charge is 0.265 e. The van der Waals surface area contributed by atoms with E-state index in [0.717, 1.165) is 22.0 Å². The summed E-state index contributed by atoms with van der Waals surface area (Å²) in [6.45, 7) is 2.03. The lowest BCUT2D eigenvalue weighted by Crippen LogP contribution is -1.99. The van der Waals surface area contributed by atoms with Gasteiger partial charge < -0.3 is 4.98 Å². The fraction of sp³-hybridized carbons (Fsp3) is 0.0588. The average molecular weight is 371 g/mol. The molecular weight excluding hydrogens is 359 g/mol. The van der Waals surface area contributed by atoms with Crippen LogP contribution in [0.1, 0.15) is 11.1 Å². The van der Waals surface area contributed by atoms with E-state index in [1.54, 1.807) is 18.2 Å². The summed E-state index contributed by atoms with van der Waals surface area (Å²) in [6.07, 6.45) is 1.52. The minimum atomic E-state index is 0.273. The zero-order valence-corrected chi connectivity index (χ0v) is 14.6. The standard InChI is InChI=1S/C17H12Cl2N6/c1-9-5-6-14-10(7-9)15-16(21-14)22-17(25-23-15)24-20-8-11-12(18)3-2-4-13(11)19/h2-8H,1H3,(H2,21,22,24,25)/b20-8-. The van der Waals surface area contributed by atoms with Crippen LogP contribution >= 0.6 is 23.2 Å². The minimum absolute atomic E-state index is 0.273. The molecule has 6 nitrogen and oxygen atoms in total. The van der Waals surface area contributed by atoms with Gasteiger partial charge in [0.05, 0.1) is 16.3 Å². The van der Waals surface area contributed by atoms with Crippen LogP contribution in [-0.2, 0) is 0 Å². The minimum Gasteiger partial charge on any atom is -0.338 e. The molecular formula is C17H12Cl2N6.